The van der Waals surface area contributed by atoms with Gasteiger partial charge in [-0.15, -0.1) is 0 Å². The average molecular weight is 414 g/mol. The maximum atomic E-state index is 5.98. The van der Waals surface area contributed by atoms with Gasteiger partial charge >= 0.3 is 0 Å². The van der Waals surface area contributed by atoms with Crippen molar-refractivity contribution in [1.82, 2.24) is 0 Å². The van der Waals surface area contributed by atoms with E-state index in [4.69, 9.17) is 4.42 Å². The molecule has 0 amide bonds. The summed E-state index contributed by atoms with van der Waals surface area (Å²) in [6, 6.07) is 31.9. The number of para-hydroxylation sites is 2. The van der Waals surface area contributed by atoms with Crippen molar-refractivity contribution >= 4 is 38.9 Å². The number of furan rings is 1. The van der Waals surface area contributed by atoms with Crippen molar-refractivity contribution in [2.45, 2.75) is 12.8 Å². The van der Waals surface area contributed by atoms with Gasteiger partial charge in [-0.3, -0.25) is 0 Å². The Bertz CT molecular complexity index is 1480. The molecule has 32 heavy (non-hydrogen) atoms. The summed E-state index contributed by atoms with van der Waals surface area (Å²) in [5.41, 5.74) is 9.08. The van der Waals surface area contributed by atoms with Gasteiger partial charge in [-0.1, -0.05) is 78.9 Å². The Kier molecular flexibility index (Phi) is 4.62. The molecule has 0 saturated carbocycles. The van der Waals surface area contributed by atoms with Crippen LogP contribution in [0, 0.1) is 0 Å². The summed E-state index contributed by atoms with van der Waals surface area (Å²) in [4.78, 5) is 0. The highest BCUT2D eigenvalue weighted by molar-refractivity contribution is 6.06. The predicted molar refractivity (Wildman–Crippen MR) is 135 cm³/mol. The van der Waals surface area contributed by atoms with Gasteiger partial charge in [-0.25, -0.2) is 0 Å². The molecular weight excluding hydrogens is 390 g/mol. The zero-order chi connectivity index (χ0) is 21.3. The SMILES string of the molecule is C1=CCCC(c2ccc(-c3ccccc3Nc3ccc4oc5ccccc5c4c3)cc2)=C1. The number of anilines is 2. The molecule has 2 nitrogen and oxygen atoms in total. The standard InChI is InChI=1S/C30H23NO/c1-2-8-21(9-3-1)22-14-16-23(17-15-22)25-10-4-6-12-28(25)31-24-18-19-30-27(20-24)26-11-5-7-13-29(26)32-30/h1-2,4-8,10-20,31H,3,9H2. The van der Waals surface area contributed by atoms with Crippen LogP contribution in [0.25, 0.3) is 38.6 Å². The zero-order valence-electron chi connectivity index (χ0n) is 17.7. The highest BCUT2D eigenvalue weighted by Gasteiger charge is 2.10. The Balaban J connectivity index is 1.34. The fraction of sp³-hybridized carbons (Fsp3) is 0.0667. The van der Waals surface area contributed by atoms with Crippen LogP contribution in [0.1, 0.15) is 18.4 Å². The van der Waals surface area contributed by atoms with Crippen molar-refractivity contribution in [2.75, 3.05) is 5.32 Å². The van der Waals surface area contributed by atoms with Crippen LogP contribution in [-0.4, -0.2) is 0 Å². The minimum absolute atomic E-state index is 0.910. The number of allylic oxidation sites excluding steroid dienone is 4. The number of hydrogen-bond donors (Lipinski definition) is 1. The molecule has 0 saturated heterocycles. The fourth-order valence-electron chi connectivity index (χ4n) is 4.51. The summed E-state index contributed by atoms with van der Waals surface area (Å²) in [7, 11) is 0. The summed E-state index contributed by atoms with van der Waals surface area (Å²) < 4.78 is 5.98. The quantitative estimate of drug-likeness (QED) is 0.319. The number of hydrogen-bond acceptors (Lipinski definition) is 2. The lowest BCUT2D eigenvalue weighted by molar-refractivity contribution is 0.669. The second kappa shape index (κ2) is 7.90. The Labute approximate surface area is 187 Å². The third kappa shape index (κ3) is 3.40. The molecular formula is C30H23NO. The molecule has 5 aromatic rings. The van der Waals surface area contributed by atoms with Crippen molar-refractivity contribution < 1.29 is 4.42 Å². The second-order valence-corrected chi connectivity index (χ2v) is 8.22. The first kappa shape index (κ1) is 18.7. The molecule has 6 rings (SSSR count). The molecule has 1 N–H and O–H groups in total. The van der Waals surface area contributed by atoms with Crippen LogP contribution in [0.5, 0.6) is 0 Å². The molecule has 1 aromatic heterocycles. The van der Waals surface area contributed by atoms with Gasteiger partial charge < -0.3 is 9.73 Å². The van der Waals surface area contributed by atoms with Gasteiger partial charge in [0.15, 0.2) is 0 Å². The molecule has 1 heterocycles. The van der Waals surface area contributed by atoms with Gasteiger partial charge in [0.25, 0.3) is 0 Å². The molecule has 0 radical (unpaired) electrons. The molecule has 0 aliphatic heterocycles. The summed E-state index contributed by atoms with van der Waals surface area (Å²) in [6.07, 6.45) is 8.84. The molecule has 2 heteroatoms. The lowest BCUT2D eigenvalue weighted by Gasteiger charge is -2.14. The summed E-state index contributed by atoms with van der Waals surface area (Å²) in [5.74, 6) is 0. The number of benzene rings is 4. The van der Waals surface area contributed by atoms with Gasteiger partial charge in [0.05, 0.1) is 0 Å². The van der Waals surface area contributed by atoms with Gasteiger partial charge in [-0.2, -0.15) is 0 Å². The van der Waals surface area contributed by atoms with Crippen molar-refractivity contribution in [3.05, 3.63) is 115 Å². The number of rotatable bonds is 4. The first-order valence-electron chi connectivity index (χ1n) is 11.1. The molecule has 0 atom stereocenters. The third-order valence-corrected chi connectivity index (χ3v) is 6.16. The van der Waals surface area contributed by atoms with E-state index in [-0.39, 0.29) is 0 Å². The molecule has 0 unspecified atom stereocenters. The normalized spacial score (nSPS) is 13.4. The van der Waals surface area contributed by atoms with Crippen LogP contribution in [0.15, 0.2) is 114 Å². The monoisotopic (exact) mass is 413 g/mol. The van der Waals surface area contributed by atoms with E-state index in [1.54, 1.807) is 0 Å². The first-order chi connectivity index (χ1) is 15.8. The van der Waals surface area contributed by atoms with Crippen LogP contribution < -0.4 is 5.32 Å². The highest BCUT2D eigenvalue weighted by atomic mass is 16.3. The van der Waals surface area contributed by atoms with E-state index >= 15 is 0 Å². The molecule has 0 spiro atoms. The second-order valence-electron chi connectivity index (χ2n) is 8.22. The van der Waals surface area contributed by atoms with Gasteiger partial charge in [0.2, 0.25) is 0 Å². The van der Waals surface area contributed by atoms with Gasteiger partial charge in [0, 0.05) is 27.7 Å². The maximum Gasteiger partial charge on any atom is 0.135 e. The average Bonchev–Trinajstić information content (AvgIpc) is 3.23. The van der Waals surface area contributed by atoms with Crippen LogP contribution >= 0.6 is 0 Å². The molecule has 1 aliphatic carbocycles. The van der Waals surface area contributed by atoms with E-state index in [0.717, 1.165) is 46.2 Å². The lowest BCUT2D eigenvalue weighted by atomic mass is 9.95. The minimum Gasteiger partial charge on any atom is -0.456 e. The highest BCUT2D eigenvalue weighted by Crippen LogP contribution is 2.35. The van der Waals surface area contributed by atoms with E-state index in [0.29, 0.717) is 0 Å². The maximum absolute atomic E-state index is 5.98. The Morgan fingerprint density at radius 3 is 2.34 bits per heavy atom. The summed E-state index contributed by atoms with van der Waals surface area (Å²) in [6.45, 7) is 0. The van der Waals surface area contributed by atoms with Crippen LogP contribution in [0.2, 0.25) is 0 Å². The van der Waals surface area contributed by atoms with Crippen molar-refractivity contribution in [1.29, 1.82) is 0 Å². The largest absolute Gasteiger partial charge is 0.456 e. The smallest absolute Gasteiger partial charge is 0.135 e. The van der Waals surface area contributed by atoms with E-state index in [2.05, 4.69) is 96.3 Å². The van der Waals surface area contributed by atoms with E-state index in [1.165, 1.54) is 22.3 Å². The fourth-order valence-corrected chi connectivity index (χ4v) is 4.51. The Hall–Kier alpha value is -4.04. The third-order valence-electron chi connectivity index (χ3n) is 6.16. The predicted octanol–water partition coefficient (Wildman–Crippen LogP) is 8.73. The number of nitrogens with one attached hydrogen (secondary N) is 1. The minimum atomic E-state index is 0.910. The number of fused-ring (bicyclic) bond motifs is 3. The van der Waals surface area contributed by atoms with Crippen molar-refractivity contribution in [2.24, 2.45) is 0 Å². The van der Waals surface area contributed by atoms with Crippen LogP contribution in [0.4, 0.5) is 11.4 Å². The van der Waals surface area contributed by atoms with Crippen molar-refractivity contribution in [3.63, 3.8) is 0 Å². The van der Waals surface area contributed by atoms with Gasteiger partial charge in [0.1, 0.15) is 11.2 Å². The molecule has 0 bridgehead atoms. The topological polar surface area (TPSA) is 25.2 Å². The van der Waals surface area contributed by atoms with E-state index in [9.17, 15) is 0 Å². The Morgan fingerprint density at radius 1 is 0.688 bits per heavy atom. The molecule has 4 aromatic carbocycles. The first-order valence-corrected chi connectivity index (χ1v) is 11.1. The molecule has 0 fully saturated rings. The lowest BCUT2D eigenvalue weighted by Crippen LogP contribution is -1.94. The Morgan fingerprint density at radius 2 is 1.47 bits per heavy atom. The molecule has 1 aliphatic rings. The summed E-state index contributed by atoms with van der Waals surface area (Å²) >= 11 is 0. The van der Waals surface area contributed by atoms with Crippen LogP contribution in [0.3, 0.4) is 0 Å². The van der Waals surface area contributed by atoms with Gasteiger partial charge in [-0.05, 0) is 59.9 Å². The molecule has 154 valence electrons. The van der Waals surface area contributed by atoms with E-state index in [1.807, 2.05) is 18.2 Å². The zero-order valence-corrected chi connectivity index (χ0v) is 17.7. The van der Waals surface area contributed by atoms with E-state index < -0.39 is 0 Å². The summed E-state index contributed by atoms with van der Waals surface area (Å²) in [5, 5.41) is 5.90. The van der Waals surface area contributed by atoms with Crippen LogP contribution in [-0.2, 0) is 0 Å². The van der Waals surface area contributed by atoms with Crippen molar-refractivity contribution in [3.8, 4) is 11.1 Å².